The Morgan fingerprint density at radius 1 is 0.576 bits per heavy atom. The van der Waals surface area contributed by atoms with Gasteiger partial charge in [0.05, 0.1) is 5.41 Å². The molecule has 158 valence electrons. The molecule has 0 unspecified atom stereocenters. The van der Waals surface area contributed by atoms with Crippen LogP contribution in [0.2, 0.25) is 0 Å². The summed E-state index contributed by atoms with van der Waals surface area (Å²) >= 11 is 1.89. The van der Waals surface area contributed by atoms with E-state index in [-0.39, 0.29) is 5.41 Å². The van der Waals surface area contributed by atoms with Crippen molar-refractivity contribution in [2.45, 2.75) is 15.2 Å². The molecule has 4 aromatic rings. The Hall–Kier alpha value is -3.49. The second-order valence-corrected chi connectivity index (χ2v) is 10.0. The monoisotopic (exact) mass is 441 g/mol. The van der Waals surface area contributed by atoms with Crippen molar-refractivity contribution < 1.29 is 0 Å². The van der Waals surface area contributed by atoms with Gasteiger partial charge in [0.15, 0.2) is 0 Å². The van der Waals surface area contributed by atoms with Gasteiger partial charge in [-0.2, -0.15) is 0 Å². The van der Waals surface area contributed by atoms with Gasteiger partial charge in [-0.25, -0.2) is 0 Å². The van der Waals surface area contributed by atoms with Crippen molar-refractivity contribution >= 4 is 23.1 Å². The van der Waals surface area contributed by atoms with Crippen LogP contribution < -0.4 is 4.90 Å². The molecule has 33 heavy (non-hydrogen) atoms. The summed E-state index contributed by atoms with van der Waals surface area (Å²) in [6, 6.07) is 36.0. The van der Waals surface area contributed by atoms with Gasteiger partial charge < -0.3 is 4.90 Å². The zero-order valence-corrected chi connectivity index (χ0v) is 19.0. The fraction of sp³-hybridized carbons (Fsp3) is 0.0968. The van der Waals surface area contributed by atoms with Crippen molar-refractivity contribution in [3.05, 3.63) is 144 Å². The normalized spacial score (nSPS) is 16.9. The van der Waals surface area contributed by atoms with Crippen molar-refractivity contribution in [3.8, 4) is 0 Å². The molecular weight excluding hydrogens is 418 g/mol. The Morgan fingerprint density at radius 3 is 1.58 bits per heavy atom. The first-order chi connectivity index (χ1) is 16.4. The number of anilines is 2. The molecule has 0 N–H and O–H groups in total. The molecule has 2 heterocycles. The lowest BCUT2D eigenvalue weighted by Gasteiger charge is -2.49. The molecular formula is C31H23NS. The molecule has 7 rings (SSSR count). The predicted octanol–water partition coefficient (Wildman–Crippen LogP) is 7.73. The first kappa shape index (κ1) is 19.0. The van der Waals surface area contributed by atoms with Crippen molar-refractivity contribution in [3.63, 3.8) is 0 Å². The van der Waals surface area contributed by atoms with Crippen molar-refractivity contribution in [1.82, 2.24) is 0 Å². The van der Waals surface area contributed by atoms with Gasteiger partial charge in [-0.3, -0.25) is 0 Å². The first-order valence-corrected chi connectivity index (χ1v) is 12.4. The highest BCUT2D eigenvalue weighted by molar-refractivity contribution is 7.99. The second-order valence-electron chi connectivity index (χ2n) is 8.92. The topological polar surface area (TPSA) is 3.24 Å². The van der Waals surface area contributed by atoms with E-state index < -0.39 is 0 Å². The van der Waals surface area contributed by atoms with E-state index in [4.69, 9.17) is 0 Å². The lowest BCUT2D eigenvalue weighted by molar-refractivity contribution is 0.672. The van der Waals surface area contributed by atoms with Gasteiger partial charge >= 0.3 is 0 Å². The molecule has 0 bridgehead atoms. The maximum absolute atomic E-state index is 2.54. The van der Waals surface area contributed by atoms with Gasteiger partial charge in [-0.15, -0.1) is 0 Å². The van der Waals surface area contributed by atoms with E-state index in [1.54, 1.807) is 0 Å². The van der Waals surface area contributed by atoms with Crippen LogP contribution in [0.15, 0.2) is 131 Å². The molecule has 0 saturated heterocycles. The third kappa shape index (κ3) is 2.62. The summed E-state index contributed by atoms with van der Waals surface area (Å²) in [7, 11) is 0. The van der Waals surface area contributed by atoms with E-state index in [0.29, 0.717) is 5.92 Å². The molecule has 0 saturated carbocycles. The van der Waals surface area contributed by atoms with E-state index in [9.17, 15) is 0 Å². The molecule has 2 aliphatic heterocycles. The number of allylic oxidation sites excluding steroid dienone is 2. The number of hydrogen-bond acceptors (Lipinski definition) is 2. The fourth-order valence-electron chi connectivity index (χ4n) is 5.91. The molecule has 1 aliphatic carbocycles. The number of nitrogens with zero attached hydrogens (tertiary/aromatic N) is 1. The highest BCUT2D eigenvalue weighted by atomic mass is 32.2. The molecule has 1 nitrogen and oxygen atoms in total. The third-order valence-corrected chi connectivity index (χ3v) is 8.37. The average Bonchev–Trinajstić information content (AvgIpc) is 3.39. The van der Waals surface area contributed by atoms with Crippen LogP contribution in [-0.4, -0.2) is 6.54 Å². The van der Waals surface area contributed by atoms with Gasteiger partial charge in [0, 0.05) is 33.6 Å². The van der Waals surface area contributed by atoms with Gasteiger partial charge in [-0.1, -0.05) is 109 Å². The molecule has 4 aromatic carbocycles. The van der Waals surface area contributed by atoms with Gasteiger partial charge in [-0.05, 0) is 46.5 Å². The molecule has 0 aromatic heterocycles. The molecule has 0 radical (unpaired) electrons. The molecule has 0 fully saturated rings. The van der Waals surface area contributed by atoms with Crippen molar-refractivity contribution in [2.24, 2.45) is 5.92 Å². The summed E-state index contributed by atoms with van der Waals surface area (Å²) < 4.78 is 0. The number of hydrogen-bond donors (Lipinski definition) is 0. The predicted molar refractivity (Wildman–Crippen MR) is 138 cm³/mol. The van der Waals surface area contributed by atoms with Crippen LogP contribution in [-0.2, 0) is 5.41 Å². The Labute approximate surface area is 199 Å². The maximum Gasteiger partial charge on any atom is 0.0763 e. The Balaban J connectivity index is 1.59. The minimum absolute atomic E-state index is 0.330. The van der Waals surface area contributed by atoms with Crippen LogP contribution in [0, 0.1) is 5.92 Å². The number of para-hydroxylation sites is 2. The minimum atomic E-state index is -0.330. The van der Waals surface area contributed by atoms with Crippen molar-refractivity contribution in [1.29, 1.82) is 0 Å². The molecule has 3 aliphatic rings. The molecule has 1 spiro atoms. The summed E-state index contributed by atoms with van der Waals surface area (Å²) in [5, 5.41) is 0. The lowest BCUT2D eigenvalue weighted by Crippen LogP contribution is -2.41. The Kier molecular flexibility index (Phi) is 4.19. The fourth-order valence-corrected chi connectivity index (χ4v) is 7.10. The molecule has 0 amide bonds. The zero-order valence-electron chi connectivity index (χ0n) is 18.2. The summed E-state index contributed by atoms with van der Waals surface area (Å²) in [6.45, 7) is 0.940. The van der Waals surface area contributed by atoms with Crippen LogP contribution in [0.5, 0.6) is 0 Å². The van der Waals surface area contributed by atoms with E-state index in [1.807, 2.05) is 11.8 Å². The first-order valence-electron chi connectivity index (χ1n) is 11.6. The van der Waals surface area contributed by atoms with Crippen LogP contribution in [0.4, 0.5) is 11.4 Å². The third-order valence-electron chi connectivity index (χ3n) is 7.22. The van der Waals surface area contributed by atoms with Crippen LogP contribution in [0.1, 0.15) is 22.3 Å². The van der Waals surface area contributed by atoms with Crippen LogP contribution >= 0.6 is 11.8 Å². The van der Waals surface area contributed by atoms with E-state index in [2.05, 4.69) is 126 Å². The minimum Gasteiger partial charge on any atom is -0.340 e. The standard InChI is InChI=1S/C31H23NS/c1-2-12-22(11-1)21-32-27-17-7-3-13-23(27)31(24-14-4-8-18-28(24)32)25-15-5-9-19-29(25)33-30-20-10-6-16-26(30)31/h1-20,22H,21H2. The van der Waals surface area contributed by atoms with Gasteiger partial charge in [0.2, 0.25) is 0 Å². The average molecular weight is 442 g/mol. The highest BCUT2D eigenvalue weighted by Gasteiger charge is 2.49. The van der Waals surface area contributed by atoms with E-state index in [0.717, 1.165) is 6.54 Å². The number of benzene rings is 4. The summed E-state index contributed by atoms with van der Waals surface area (Å²) in [4.78, 5) is 5.22. The molecule has 0 atom stereocenters. The second kappa shape index (κ2) is 7.26. The SMILES string of the molecule is C1=CC(CN2c3ccccc3C3(c4ccccc4Sc4ccccc43)c3ccccc32)C=C1. The van der Waals surface area contributed by atoms with E-state index >= 15 is 0 Å². The Morgan fingerprint density at radius 2 is 1.03 bits per heavy atom. The van der Waals surface area contributed by atoms with E-state index in [1.165, 1.54) is 43.4 Å². The van der Waals surface area contributed by atoms with Crippen molar-refractivity contribution in [2.75, 3.05) is 11.4 Å². The lowest BCUT2D eigenvalue weighted by atomic mass is 9.62. The maximum atomic E-state index is 2.54. The quantitative estimate of drug-likeness (QED) is 0.276. The smallest absolute Gasteiger partial charge is 0.0763 e. The summed E-state index contributed by atoms with van der Waals surface area (Å²) in [6.07, 6.45) is 8.94. The largest absolute Gasteiger partial charge is 0.340 e. The number of rotatable bonds is 2. The van der Waals surface area contributed by atoms with Crippen LogP contribution in [0.25, 0.3) is 0 Å². The zero-order chi connectivity index (χ0) is 21.8. The summed E-state index contributed by atoms with van der Waals surface area (Å²) in [5.41, 5.74) is 7.79. The van der Waals surface area contributed by atoms with Gasteiger partial charge in [0.1, 0.15) is 0 Å². The summed E-state index contributed by atoms with van der Waals surface area (Å²) in [5.74, 6) is 0.418. The highest BCUT2D eigenvalue weighted by Crippen LogP contribution is 2.61. The Bertz CT molecular complexity index is 1340. The molecule has 2 heteroatoms. The van der Waals surface area contributed by atoms with Gasteiger partial charge in [0.25, 0.3) is 0 Å². The number of fused-ring (bicyclic) bond motifs is 8. The van der Waals surface area contributed by atoms with Crippen LogP contribution in [0.3, 0.4) is 0 Å².